The van der Waals surface area contributed by atoms with E-state index in [-0.39, 0.29) is 26.2 Å². The van der Waals surface area contributed by atoms with Gasteiger partial charge in [-0.1, -0.05) is 0 Å². The molecule has 0 aliphatic heterocycles. The van der Waals surface area contributed by atoms with E-state index in [9.17, 15) is 22.8 Å². The highest BCUT2D eigenvalue weighted by Gasteiger charge is 2.37. The minimum Gasteiger partial charge on any atom is -0.469 e. The van der Waals surface area contributed by atoms with Gasteiger partial charge in [-0.3, -0.25) is 9.59 Å². The molecule has 0 aliphatic rings. The lowest BCUT2D eigenvalue weighted by Gasteiger charge is -2.21. The average Bonchev–Trinajstić information content (AvgIpc) is 2.50. The largest absolute Gasteiger partial charge is 0.469 e. The van der Waals surface area contributed by atoms with Crippen molar-refractivity contribution in [3.8, 4) is 0 Å². The molecule has 1 aromatic rings. The van der Waals surface area contributed by atoms with Crippen LogP contribution in [0.25, 0.3) is 0 Å². The highest BCUT2D eigenvalue weighted by atomic mass is 19.4. The van der Waals surface area contributed by atoms with Crippen molar-refractivity contribution >= 4 is 11.7 Å². The van der Waals surface area contributed by atoms with E-state index in [1.165, 1.54) is 14.2 Å². The molecular weight excluding hydrogens is 335 g/mol. The number of H-pyrrole nitrogens is 1. The van der Waals surface area contributed by atoms with E-state index in [4.69, 9.17) is 9.47 Å². The SMILES string of the molecule is COCC(COCCC(=O)OC)Nc1cn[nH]c(=O)c1C(F)(F)F. The highest BCUT2D eigenvalue weighted by Crippen LogP contribution is 2.31. The van der Waals surface area contributed by atoms with Gasteiger partial charge in [-0.2, -0.15) is 18.3 Å². The summed E-state index contributed by atoms with van der Waals surface area (Å²) < 4.78 is 53.5. The fraction of sp³-hybridized carbons (Fsp3) is 0.615. The number of aromatic nitrogens is 2. The first kappa shape index (κ1) is 19.9. The lowest BCUT2D eigenvalue weighted by Crippen LogP contribution is -2.34. The molecule has 0 fully saturated rings. The van der Waals surface area contributed by atoms with Crippen LogP contribution in [0.3, 0.4) is 0 Å². The van der Waals surface area contributed by atoms with Crippen molar-refractivity contribution in [2.45, 2.75) is 18.6 Å². The van der Waals surface area contributed by atoms with Crippen LogP contribution in [0.1, 0.15) is 12.0 Å². The second-order valence-electron chi connectivity index (χ2n) is 4.68. The monoisotopic (exact) mass is 353 g/mol. The maximum Gasteiger partial charge on any atom is 0.423 e. The Balaban J connectivity index is 2.77. The fourth-order valence-electron chi connectivity index (χ4n) is 1.82. The molecule has 8 nitrogen and oxygen atoms in total. The number of esters is 1. The first-order chi connectivity index (χ1) is 11.3. The molecule has 1 aromatic heterocycles. The number of nitrogens with zero attached hydrogens (tertiary/aromatic N) is 1. The van der Waals surface area contributed by atoms with E-state index in [1.54, 1.807) is 5.10 Å². The lowest BCUT2D eigenvalue weighted by atomic mass is 10.2. The molecule has 0 bridgehead atoms. The standard InChI is InChI=1S/C13H18F3N3O5/c1-22-6-8(7-24-4-3-10(20)23-2)18-9-5-17-19-12(21)11(9)13(14,15)16/h5,8H,3-4,6-7H2,1-2H3,(H2,18,19,21). The van der Waals surface area contributed by atoms with Crippen molar-refractivity contribution in [3.63, 3.8) is 0 Å². The quantitative estimate of drug-likeness (QED) is 0.500. The smallest absolute Gasteiger partial charge is 0.423 e. The molecule has 0 aliphatic carbocycles. The van der Waals surface area contributed by atoms with Gasteiger partial charge in [0, 0.05) is 7.11 Å². The number of alkyl halides is 3. The molecule has 11 heteroatoms. The van der Waals surface area contributed by atoms with Gasteiger partial charge in [0.25, 0.3) is 5.56 Å². The normalized spacial score (nSPS) is 12.7. The van der Waals surface area contributed by atoms with E-state index < -0.39 is 35.0 Å². The molecule has 0 spiro atoms. The Kier molecular flexibility index (Phi) is 7.65. The van der Waals surface area contributed by atoms with Gasteiger partial charge in [-0.05, 0) is 0 Å². The Bertz CT molecular complexity index is 591. The van der Waals surface area contributed by atoms with Crippen LogP contribution in [0.2, 0.25) is 0 Å². The number of halogens is 3. The maximum absolute atomic E-state index is 13.0. The Morgan fingerprint density at radius 3 is 2.67 bits per heavy atom. The molecule has 1 rings (SSSR count). The second kappa shape index (κ2) is 9.23. The van der Waals surface area contributed by atoms with Crippen molar-refractivity contribution in [1.82, 2.24) is 10.2 Å². The summed E-state index contributed by atoms with van der Waals surface area (Å²) in [5, 5.41) is 7.63. The number of hydrogen-bond donors (Lipinski definition) is 2. The van der Waals surface area contributed by atoms with E-state index >= 15 is 0 Å². The third-order valence-corrected chi connectivity index (χ3v) is 2.86. The number of nitrogens with one attached hydrogen (secondary N) is 2. The molecule has 1 heterocycles. The van der Waals surface area contributed by atoms with Crippen molar-refractivity contribution in [2.75, 3.05) is 39.4 Å². The molecule has 0 radical (unpaired) electrons. The van der Waals surface area contributed by atoms with Gasteiger partial charge in [0.2, 0.25) is 0 Å². The number of hydrogen-bond acceptors (Lipinski definition) is 7. The summed E-state index contributed by atoms with van der Waals surface area (Å²) in [6, 6.07) is -0.683. The molecule has 24 heavy (non-hydrogen) atoms. The summed E-state index contributed by atoms with van der Waals surface area (Å²) in [6.45, 7) is 0.00553. The molecule has 1 unspecified atom stereocenters. The number of anilines is 1. The van der Waals surface area contributed by atoms with E-state index in [0.29, 0.717) is 0 Å². The van der Waals surface area contributed by atoms with E-state index in [0.717, 1.165) is 6.20 Å². The topological polar surface area (TPSA) is 103 Å². The van der Waals surface area contributed by atoms with Crippen LogP contribution in [0.5, 0.6) is 0 Å². The highest BCUT2D eigenvalue weighted by molar-refractivity contribution is 5.69. The first-order valence-electron chi connectivity index (χ1n) is 6.84. The molecular formula is C13H18F3N3O5. The number of methoxy groups -OCH3 is 2. The number of ether oxygens (including phenoxy) is 3. The summed E-state index contributed by atoms with van der Waals surface area (Å²) in [7, 11) is 2.60. The summed E-state index contributed by atoms with van der Waals surface area (Å²) >= 11 is 0. The number of carbonyl (C=O) groups excluding carboxylic acids is 1. The van der Waals surface area contributed by atoms with Crippen LogP contribution < -0.4 is 10.9 Å². The fourth-order valence-corrected chi connectivity index (χ4v) is 1.82. The predicted molar refractivity (Wildman–Crippen MR) is 76.6 cm³/mol. The third kappa shape index (κ3) is 6.16. The van der Waals surface area contributed by atoms with Gasteiger partial charge in [-0.15, -0.1) is 0 Å². The predicted octanol–water partition coefficient (Wildman–Crippen LogP) is 0.795. The zero-order valence-electron chi connectivity index (χ0n) is 13.1. The molecule has 2 N–H and O–H groups in total. The van der Waals surface area contributed by atoms with Gasteiger partial charge in [0.05, 0.1) is 51.3 Å². The van der Waals surface area contributed by atoms with Crippen molar-refractivity contribution in [3.05, 3.63) is 22.1 Å². The molecule has 0 saturated heterocycles. The minimum absolute atomic E-state index is 0.0105. The molecule has 136 valence electrons. The minimum atomic E-state index is -4.85. The van der Waals surface area contributed by atoms with Crippen molar-refractivity contribution < 1.29 is 32.2 Å². The molecule has 0 saturated carbocycles. The van der Waals surface area contributed by atoms with Gasteiger partial charge in [0.15, 0.2) is 0 Å². The Morgan fingerprint density at radius 2 is 2.08 bits per heavy atom. The zero-order chi connectivity index (χ0) is 18.2. The number of carbonyl (C=O) groups is 1. The maximum atomic E-state index is 13.0. The Labute approximate surface area is 135 Å². The molecule has 0 amide bonds. The van der Waals surface area contributed by atoms with Gasteiger partial charge in [-0.25, -0.2) is 5.10 Å². The second-order valence-corrected chi connectivity index (χ2v) is 4.68. The van der Waals surface area contributed by atoms with Gasteiger partial charge < -0.3 is 19.5 Å². The summed E-state index contributed by atoms with van der Waals surface area (Å²) in [5.41, 5.74) is -3.21. The number of aromatic amines is 1. The van der Waals surface area contributed by atoms with E-state index in [2.05, 4.69) is 15.2 Å². The van der Waals surface area contributed by atoms with Crippen molar-refractivity contribution in [1.29, 1.82) is 0 Å². The van der Waals surface area contributed by atoms with Crippen LogP contribution in [-0.4, -0.2) is 56.2 Å². The third-order valence-electron chi connectivity index (χ3n) is 2.86. The summed E-state index contributed by atoms with van der Waals surface area (Å²) in [5.74, 6) is -0.468. The average molecular weight is 353 g/mol. The lowest BCUT2D eigenvalue weighted by molar-refractivity contribution is -0.142. The van der Waals surface area contributed by atoms with Crippen molar-refractivity contribution in [2.24, 2.45) is 0 Å². The van der Waals surface area contributed by atoms with Crippen LogP contribution >= 0.6 is 0 Å². The zero-order valence-corrected chi connectivity index (χ0v) is 13.1. The number of rotatable bonds is 9. The summed E-state index contributed by atoms with van der Waals surface area (Å²) in [4.78, 5) is 22.4. The molecule has 0 aromatic carbocycles. The van der Waals surface area contributed by atoms with E-state index in [1.807, 2.05) is 0 Å². The Hall–Kier alpha value is -2.14. The van der Waals surface area contributed by atoms with Crippen LogP contribution in [0, 0.1) is 0 Å². The first-order valence-corrected chi connectivity index (χ1v) is 6.84. The van der Waals surface area contributed by atoms with Crippen LogP contribution in [-0.2, 0) is 25.2 Å². The van der Waals surface area contributed by atoms with Gasteiger partial charge in [0.1, 0.15) is 5.56 Å². The summed E-state index contributed by atoms with van der Waals surface area (Å²) in [6.07, 6.45) is -3.97. The van der Waals surface area contributed by atoms with Crippen LogP contribution in [0.4, 0.5) is 18.9 Å². The van der Waals surface area contributed by atoms with Gasteiger partial charge >= 0.3 is 12.1 Å². The molecule has 1 atom stereocenters. The van der Waals surface area contributed by atoms with Crippen LogP contribution in [0.15, 0.2) is 11.0 Å². The Morgan fingerprint density at radius 1 is 1.38 bits per heavy atom.